The van der Waals surface area contributed by atoms with Gasteiger partial charge >= 0.3 is 0 Å². The summed E-state index contributed by atoms with van der Waals surface area (Å²) in [5, 5.41) is 13.2. The van der Waals surface area contributed by atoms with Crippen molar-refractivity contribution in [2.45, 2.75) is 45.1 Å². The average molecular weight is 254 g/mol. The smallest absolute Gasteiger partial charge is 0.0824 e. The molecule has 1 N–H and O–H groups in total. The molecular formula is C18H22O. The second-order valence-corrected chi connectivity index (χ2v) is 5.86. The van der Waals surface area contributed by atoms with Crippen molar-refractivity contribution < 1.29 is 5.11 Å². The molecule has 1 aliphatic carbocycles. The predicted octanol–water partition coefficient (Wildman–Crippen LogP) is 4.76. The lowest BCUT2D eigenvalue weighted by atomic mass is 9.81. The maximum absolute atomic E-state index is 10.7. The van der Waals surface area contributed by atoms with E-state index in [0.29, 0.717) is 5.92 Å². The monoisotopic (exact) mass is 254 g/mol. The van der Waals surface area contributed by atoms with Gasteiger partial charge in [0.05, 0.1) is 6.10 Å². The summed E-state index contributed by atoms with van der Waals surface area (Å²) >= 11 is 0. The number of aliphatic hydroxyl groups is 1. The van der Waals surface area contributed by atoms with E-state index in [1.165, 1.54) is 48.4 Å². The summed E-state index contributed by atoms with van der Waals surface area (Å²) in [7, 11) is 0. The molecule has 0 aliphatic heterocycles. The van der Waals surface area contributed by atoms with Crippen LogP contribution in [0.5, 0.6) is 0 Å². The maximum Gasteiger partial charge on any atom is 0.0824 e. The Kier molecular flexibility index (Phi) is 3.56. The molecule has 2 aromatic rings. The summed E-state index contributed by atoms with van der Waals surface area (Å²) in [4.78, 5) is 0. The molecule has 1 unspecified atom stereocenters. The minimum Gasteiger partial charge on any atom is -0.388 e. The zero-order valence-electron chi connectivity index (χ0n) is 11.6. The molecule has 1 fully saturated rings. The van der Waals surface area contributed by atoms with Crippen molar-refractivity contribution in [2.24, 2.45) is 5.92 Å². The minimum absolute atomic E-state index is 0.300. The molecule has 19 heavy (non-hydrogen) atoms. The lowest BCUT2D eigenvalue weighted by molar-refractivity contribution is 0.0861. The Labute approximate surface area is 115 Å². The third kappa shape index (κ3) is 2.40. The number of aliphatic hydroxyl groups excluding tert-OH is 1. The summed E-state index contributed by atoms with van der Waals surface area (Å²) in [6, 6.07) is 12.7. The van der Waals surface area contributed by atoms with Crippen molar-refractivity contribution >= 4 is 10.8 Å². The van der Waals surface area contributed by atoms with Crippen LogP contribution in [0.25, 0.3) is 10.8 Å². The largest absolute Gasteiger partial charge is 0.388 e. The van der Waals surface area contributed by atoms with Crippen molar-refractivity contribution in [1.29, 1.82) is 0 Å². The van der Waals surface area contributed by atoms with Crippen LogP contribution < -0.4 is 0 Å². The van der Waals surface area contributed by atoms with Gasteiger partial charge < -0.3 is 5.11 Å². The van der Waals surface area contributed by atoms with Gasteiger partial charge in [0.25, 0.3) is 0 Å². The van der Waals surface area contributed by atoms with Crippen LogP contribution >= 0.6 is 0 Å². The summed E-state index contributed by atoms with van der Waals surface area (Å²) in [6.45, 7) is 2.14. The summed E-state index contributed by atoms with van der Waals surface area (Å²) in [5.41, 5.74) is 2.41. The summed E-state index contributed by atoms with van der Waals surface area (Å²) < 4.78 is 0. The van der Waals surface area contributed by atoms with E-state index in [9.17, 15) is 5.11 Å². The highest BCUT2D eigenvalue weighted by atomic mass is 16.3. The highest BCUT2D eigenvalue weighted by Crippen LogP contribution is 2.37. The molecule has 100 valence electrons. The lowest BCUT2D eigenvalue weighted by Crippen LogP contribution is -2.16. The van der Waals surface area contributed by atoms with Crippen LogP contribution in [0.4, 0.5) is 0 Å². The Morgan fingerprint density at radius 2 is 1.63 bits per heavy atom. The fourth-order valence-electron chi connectivity index (χ4n) is 3.43. The number of hydrogen-bond acceptors (Lipinski definition) is 1. The van der Waals surface area contributed by atoms with Crippen LogP contribution in [0.1, 0.15) is 49.3 Å². The summed E-state index contributed by atoms with van der Waals surface area (Å²) in [5.74, 6) is 0.444. The van der Waals surface area contributed by atoms with Gasteiger partial charge in [0, 0.05) is 0 Å². The average Bonchev–Trinajstić information content (AvgIpc) is 2.48. The van der Waals surface area contributed by atoms with Crippen molar-refractivity contribution in [3.05, 3.63) is 47.5 Å². The third-order valence-electron chi connectivity index (χ3n) is 4.59. The van der Waals surface area contributed by atoms with E-state index in [1.807, 2.05) is 0 Å². The molecule has 0 aromatic heterocycles. The van der Waals surface area contributed by atoms with Gasteiger partial charge in [0.1, 0.15) is 0 Å². The molecule has 0 heterocycles. The van der Waals surface area contributed by atoms with E-state index >= 15 is 0 Å². The molecule has 1 nitrogen and oxygen atoms in total. The molecule has 1 heteroatoms. The van der Waals surface area contributed by atoms with E-state index in [0.717, 1.165) is 5.56 Å². The summed E-state index contributed by atoms with van der Waals surface area (Å²) in [6.07, 6.45) is 5.91. The first-order valence-electron chi connectivity index (χ1n) is 7.43. The Morgan fingerprint density at radius 1 is 0.947 bits per heavy atom. The lowest BCUT2D eigenvalue weighted by Gasteiger charge is -2.27. The second-order valence-electron chi connectivity index (χ2n) is 5.86. The maximum atomic E-state index is 10.7. The van der Waals surface area contributed by atoms with Crippen LogP contribution in [-0.4, -0.2) is 5.11 Å². The first-order chi connectivity index (χ1) is 9.27. The molecule has 0 radical (unpaired) electrons. The Balaban J connectivity index is 2.02. The van der Waals surface area contributed by atoms with Gasteiger partial charge in [-0.1, -0.05) is 55.7 Å². The minimum atomic E-state index is -0.300. The highest BCUT2D eigenvalue weighted by Gasteiger charge is 2.24. The van der Waals surface area contributed by atoms with Crippen molar-refractivity contribution in [1.82, 2.24) is 0 Å². The molecule has 0 bridgehead atoms. The molecule has 3 rings (SSSR count). The predicted molar refractivity (Wildman–Crippen MR) is 80.2 cm³/mol. The molecule has 0 amide bonds. The van der Waals surface area contributed by atoms with Gasteiger partial charge in [-0.3, -0.25) is 0 Å². The van der Waals surface area contributed by atoms with Crippen LogP contribution in [0.15, 0.2) is 36.4 Å². The molecule has 0 saturated heterocycles. The van der Waals surface area contributed by atoms with Crippen LogP contribution in [-0.2, 0) is 0 Å². The normalized spacial score (nSPS) is 18.6. The molecule has 0 spiro atoms. The number of aryl methyl sites for hydroxylation is 1. The molecule has 1 saturated carbocycles. The van der Waals surface area contributed by atoms with Crippen molar-refractivity contribution in [2.75, 3.05) is 0 Å². The molecule has 2 aromatic carbocycles. The Morgan fingerprint density at radius 3 is 2.37 bits per heavy atom. The SMILES string of the molecule is Cc1ccc(C(O)C2CCCCC2)c2ccccc12. The number of fused-ring (bicyclic) bond motifs is 1. The highest BCUT2D eigenvalue weighted by molar-refractivity contribution is 5.88. The standard InChI is InChI=1S/C18H22O/c1-13-11-12-17(16-10-6-5-9-15(13)16)18(19)14-7-3-2-4-8-14/h5-6,9-12,14,18-19H,2-4,7-8H2,1H3. The third-order valence-corrected chi connectivity index (χ3v) is 4.59. The topological polar surface area (TPSA) is 20.2 Å². The van der Waals surface area contributed by atoms with Gasteiger partial charge in [0.2, 0.25) is 0 Å². The van der Waals surface area contributed by atoms with E-state index in [2.05, 4.69) is 43.3 Å². The van der Waals surface area contributed by atoms with Crippen LogP contribution in [0.3, 0.4) is 0 Å². The van der Waals surface area contributed by atoms with Gasteiger partial charge in [-0.25, -0.2) is 0 Å². The fraction of sp³-hybridized carbons (Fsp3) is 0.444. The fourth-order valence-corrected chi connectivity index (χ4v) is 3.43. The number of hydrogen-bond donors (Lipinski definition) is 1. The quantitative estimate of drug-likeness (QED) is 0.819. The van der Waals surface area contributed by atoms with E-state index < -0.39 is 0 Å². The van der Waals surface area contributed by atoms with Gasteiger partial charge in [-0.2, -0.15) is 0 Å². The van der Waals surface area contributed by atoms with Crippen LogP contribution in [0.2, 0.25) is 0 Å². The van der Waals surface area contributed by atoms with Crippen LogP contribution in [0, 0.1) is 12.8 Å². The Bertz CT molecular complexity index is 567. The van der Waals surface area contributed by atoms with Gasteiger partial charge in [0.15, 0.2) is 0 Å². The molecule has 1 aliphatic rings. The zero-order valence-corrected chi connectivity index (χ0v) is 11.6. The zero-order chi connectivity index (χ0) is 13.2. The van der Waals surface area contributed by atoms with E-state index in [4.69, 9.17) is 0 Å². The van der Waals surface area contributed by atoms with E-state index in [-0.39, 0.29) is 6.10 Å². The van der Waals surface area contributed by atoms with Crippen molar-refractivity contribution in [3.63, 3.8) is 0 Å². The van der Waals surface area contributed by atoms with E-state index in [1.54, 1.807) is 0 Å². The van der Waals surface area contributed by atoms with Crippen molar-refractivity contribution in [3.8, 4) is 0 Å². The first-order valence-corrected chi connectivity index (χ1v) is 7.43. The van der Waals surface area contributed by atoms with Gasteiger partial charge in [-0.05, 0) is 47.6 Å². The first kappa shape index (κ1) is 12.7. The Hall–Kier alpha value is -1.34. The second kappa shape index (κ2) is 5.34. The number of benzene rings is 2. The number of rotatable bonds is 2. The molecular weight excluding hydrogens is 232 g/mol. The molecule has 1 atom stereocenters. The van der Waals surface area contributed by atoms with Gasteiger partial charge in [-0.15, -0.1) is 0 Å².